The zero-order chi connectivity index (χ0) is 12.8. The Kier molecular flexibility index (Phi) is 4.98. The lowest BCUT2D eigenvalue weighted by atomic mass is 9.97. The molecule has 1 saturated heterocycles. The molecule has 1 fully saturated rings. The topological polar surface area (TPSA) is 156 Å². The summed E-state index contributed by atoms with van der Waals surface area (Å²) in [6, 6.07) is -1.05. The van der Waals surface area contributed by atoms with Crippen LogP contribution >= 0.6 is 0 Å². The first-order chi connectivity index (χ1) is 8.15. The molecule has 1 rings (SSSR count). The number of rotatable bonds is 4. The van der Waals surface area contributed by atoms with Crippen molar-refractivity contribution in [3.8, 4) is 0 Å². The number of aliphatic hydroxyl groups excluding tert-OH is 2. The van der Waals surface area contributed by atoms with Crippen LogP contribution < -0.4 is 0 Å². The summed E-state index contributed by atoms with van der Waals surface area (Å²) in [4.78, 5) is 5.07. The zero-order valence-corrected chi connectivity index (χ0v) is 8.99. The molecule has 0 aromatic carbocycles. The molecule has 1 aliphatic heterocycles. The number of hydrogen-bond acceptors (Lipinski definition) is 6. The quantitative estimate of drug-likeness (QED) is 0.407. The van der Waals surface area contributed by atoms with Gasteiger partial charge >= 0.3 is 0 Å². The average molecular weight is 244 g/mol. The molecule has 17 heavy (non-hydrogen) atoms. The highest BCUT2D eigenvalue weighted by atomic mass is 16.7. The second-order valence-corrected chi connectivity index (χ2v) is 3.37. The lowest BCUT2D eigenvalue weighted by molar-refractivity contribution is -0.248. The SMILES string of the molecule is CO[C@H]1OC(CN=[N+]=[N-])[C@H](O)[C@H](O)C1N=[N+]=[N-]. The first-order valence-electron chi connectivity index (χ1n) is 4.75. The molecule has 1 aliphatic rings. The molecular weight excluding hydrogens is 232 g/mol. The van der Waals surface area contributed by atoms with Crippen LogP contribution in [-0.4, -0.2) is 54.5 Å². The summed E-state index contributed by atoms with van der Waals surface area (Å²) in [5, 5.41) is 26.0. The number of hydrogen-bond donors (Lipinski definition) is 2. The second kappa shape index (κ2) is 6.26. The van der Waals surface area contributed by atoms with Crippen molar-refractivity contribution in [2.75, 3.05) is 13.7 Å². The normalized spacial score (nSPS) is 36.8. The van der Waals surface area contributed by atoms with Crippen molar-refractivity contribution in [3.63, 3.8) is 0 Å². The monoisotopic (exact) mass is 244 g/mol. The van der Waals surface area contributed by atoms with Gasteiger partial charge in [0.05, 0.1) is 18.8 Å². The van der Waals surface area contributed by atoms with Crippen LogP contribution in [0.5, 0.6) is 0 Å². The standard InChI is InChI=1S/C7H12N6O4/c1-16-7-4(11-13-9)6(15)5(14)3(17-7)2-10-12-8/h3-7,14-15H,2H2,1H3/t3?,4?,5-,6+,7-/m0/s1. The second-order valence-electron chi connectivity index (χ2n) is 3.37. The maximum Gasteiger partial charge on any atom is 0.168 e. The fourth-order valence-electron chi connectivity index (χ4n) is 1.56. The summed E-state index contributed by atoms with van der Waals surface area (Å²) in [5.74, 6) is 0. The molecule has 0 amide bonds. The van der Waals surface area contributed by atoms with Crippen LogP contribution in [0.15, 0.2) is 10.2 Å². The van der Waals surface area contributed by atoms with Crippen molar-refractivity contribution in [3.05, 3.63) is 20.9 Å². The Morgan fingerprint density at radius 2 is 2.00 bits per heavy atom. The largest absolute Gasteiger partial charge is 0.390 e. The Labute approximate surface area is 96.0 Å². The molecule has 94 valence electrons. The fourth-order valence-corrected chi connectivity index (χ4v) is 1.56. The van der Waals surface area contributed by atoms with Gasteiger partial charge in [0.1, 0.15) is 12.1 Å². The summed E-state index contributed by atoms with van der Waals surface area (Å²) < 4.78 is 10.1. The molecule has 0 saturated carbocycles. The number of ether oxygens (including phenoxy) is 2. The van der Waals surface area contributed by atoms with Gasteiger partial charge in [0.25, 0.3) is 0 Å². The third-order valence-electron chi connectivity index (χ3n) is 2.41. The van der Waals surface area contributed by atoms with Crippen molar-refractivity contribution in [1.82, 2.24) is 0 Å². The fraction of sp³-hybridized carbons (Fsp3) is 1.00. The number of nitrogens with zero attached hydrogens (tertiary/aromatic N) is 6. The Balaban J connectivity index is 2.84. The third-order valence-corrected chi connectivity index (χ3v) is 2.41. The highest BCUT2D eigenvalue weighted by Crippen LogP contribution is 2.24. The molecule has 0 aromatic heterocycles. The van der Waals surface area contributed by atoms with E-state index < -0.39 is 30.6 Å². The number of methoxy groups -OCH3 is 1. The molecular formula is C7H12N6O4. The van der Waals surface area contributed by atoms with E-state index in [1.807, 2.05) is 0 Å². The molecule has 0 aromatic rings. The van der Waals surface area contributed by atoms with Crippen molar-refractivity contribution in [2.24, 2.45) is 10.2 Å². The lowest BCUT2D eigenvalue weighted by Crippen LogP contribution is -2.58. The Morgan fingerprint density at radius 3 is 2.53 bits per heavy atom. The summed E-state index contributed by atoms with van der Waals surface area (Å²) in [5.41, 5.74) is 16.5. The van der Waals surface area contributed by atoms with E-state index in [9.17, 15) is 10.2 Å². The highest BCUT2D eigenvalue weighted by Gasteiger charge is 2.43. The van der Waals surface area contributed by atoms with Gasteiger partial charge in [-0.3, -0.25) is 0 Å². The zero-order valence-electron chi connectivity index (χ0n) is 8.99. The molecule has 5 atom stereocenters. The Morgan fingerprint density at radius 1 is 1.29 bits per heavy atom. The van der Waals surface area contributed by atoms with E-state index in [2.05, 4.69) is 20.1 Å². The predicted octanol–water partition coefficient (Wildman–Crippen LogP) is 0.0687. The van der Waals surface area contributed by atoms with Gasteiger partial charge in [-0.1, -0.05) is 10.2 Å². The van der Waals surface area contributed by atoms with Gasteiger partial charge in [0.15, 0.2) is 6.29 Å². The van der Waals surface area contributed by atoms with E-state index in [-0.39, 0.29) is 6.54 Å². The maximum absolute atomic E-state index is 9.73. The van der Waals surface area contributed by atoms with E-state index in [0.717, 1.165) is 0 Å². The van der Waals surface area contributed by atoms with Gasteiger partial charge in [0.2, 0.25) is 0 Å². The van der Waals surface area contributed by atoms with Crippen molar-refractivity contribution < 1.29 is 19.7 Å². The molecule has 1 heterocycles. The van der Waals surface area contributed by atoms with E-state index in [4.69, 9.17) is 20.5 Å². The van der Waals surface area contributed by atoms with Gasteiger partial charge in [-0.05, 0) is 11.1 Å². The lowest BCUT2D eigenvalue weighted by Gasteiger charge is -2.39. The minimum atomic E-state index is -1.34. The minimum Gasteiger partial charge on any atom is -0.390 e. The summed E-state index contributed by atoms with van der Waals surface area (Å²) >= 11 is 0. The number of aliphatic hydroxyl groups is 2. The molecule has 0 bridgehead atoms. The average Bonchev–Trinajstić information content (AvgIpc) is 2.34. The van der Waals surface area contributed by atoms with Gasteiger partial charge in [-0.15, -0.1) is 0 Å². The van der Waals surface area contributed by atoms with Crippen LogP contribution in [0, 0.1) is 0 Å². The summed E-state index contributed by atoms with van der Waals surface area (Å²) in [6.45, 7) is -0.155. The first-order valence-corrected chi connectivity index (χ1v) is 4.75. The van der Waals surface area contributed by atoms with E-state index >= 15 is 0 Å². The van der Waals surface area contributed by atoms with Crippen molar-refractivity contribution >= 4 is 0 Å². The molecule has 2 unspecified atom stereocenters. The Bertz CT molecular complexity index is 348. The van der Waals surface area contributed by atoms with Gasteiger partial charge in [0, 0.05) is 16.9 Å². The Hall–Kier alpha value is -1.54. The first kappa shape index (κ1) is 13.5. The minimum absolute atomic E-state index is 0.155. The molecule has 0 aliphatic carbocycles. The number of azide groups is 2. The predicted molar refractivity (Wildman–Crippen MR) is 54.6 cm³/mol. The molecule has 0 spiro atoms. The van der Waals surface area contributed by atoms with Crippen LogP contribution in [0.2, 0.25) is 0 Å². The van der Waals surface area contributed by atoms with Crippen molar-refractivity contribution in [2.45, 2.75) is 30.6 Å². The summed E-state index contributed by atoms with van der Waals surface area (Å²) in [6.07, 6.45) is -4.56. The summed E-state index contributed by atoms with van der Waals surface area (Å²) in [7, 11) is 1.31. The van der Waals surface area contributed by atoms with Gasteiger partial charge < -0.3 is 19.7 Å². The van der Waals surface area contributed by atoms with E-state index in [0.29, 0.717) is 0 Å². The van der Waals surface area contributed by atoms with Crippen LogP contribution in [0.1, 0.15) is 0 Å². The highest BCUT2D eigenvalue weighted by molar-refractivity contribution is 4.94. The third kappa shape index (κ3) is 2.98. The molecule has 10 heteroatoms. The van der Waals surface area contributed by atoms with Crippen LogP contribution in [-0.2, 0) is 9.47 Å². The smallest absolute Gasteiger partial charge is 0.168 e. The van der Waals surface area contributed by atoms with Crippen LogP contribution in [0.3, 0.4) is 0 Å². The van der Waals surface area contributed by atoms with Gasteiger partial charge in [-0.25, -0.2) is 0 Å². The van der Waals surface area contributed by atoms with Gasteiger partial charge in [-0.2, -0.15) is 0 Å². The van der Waals surface area contributed by atoms with E-state index in [1.54, 1.807) is 0 Å². The van der Waals surface area contributed by atoms with Crippen LogP contribution in [0.25, 0.3) is 20.9 Å². The van der Waals surface area contributed by atoms with Crippen LogP contribution in [0.4, 0.5) is 0 Å². The maximum atomic E-state index is 9.73. The molecule has 10 nitrogen and oxygen atoms in total. The molecule has 2 N–H and O–H groups in total. The van der Waals surface area contributed by atoms with Crippen molar-refractivity contribution in [1.29, 1.82) is 0 Å². The van der Waals surface area contributed by atoms with E-state index in [1.165, 1.54) is 7.11 Å². The molecule has 0 radical (unpaired) electrons.